The SMILES string of the molecule is O=C1c2ccccc2C(=O)N1Cc1nnc(-c2ccc(Cl)cc2)o1. The van der Waals surface area contributed by atoms with Crippen LogP contribution in [-0.4, -0.2) is 26.9 Å². The first-order valence-electron chi connectivity index (χ1n) is 7.17. The second kappa shape index (κ2) is 5.58. The first-order valence-corrected chi connectivity index (χ1v) is 7.55. The third-order valence-corrected chi connectivity index (χ3v) is 3.98. The average molecular weight is 340 g/mol. The number of carbonyl (C=O) groups is 2. The summed E-state index contributed by atoms with van der Waals surface area (Å²) in [6.45, 7) is -0.0626. The van der Waals surface area contributed by atoms with Crippen molar-refractivity contribution in [2.75, 3.05) is 0 Å². The monoisotopic (exact) mass is 339 g/mol. The molecule has 0 aliphatic carbocycles. The van der Waals surface area contributed by atoms with Crippen molar-refractivity contribution in [1.82, 2.24) is 15.1 Å². The predicted molar refractivity (Wildman–Crippen MR) is 85.4 cm³/mol. The van der Waals surface area contributed by atoms with Gasteiger partial charge >= 0.3 is 0 Å². The van der Waals surface area contributed by atoms with E-state index in [1.54, 1.807) is 48.5 Å². The molecule has 1 aliphatic rings. The molecule has 2 heterocycles. The molecule has 4 rings (SSSR count). The number of carbonyl (C=O) groups excluding carboxylic acids is 2. The maximum absolute atomic E-state index is 12.3. The molecule has 0 atom stereocenters. The van der Waals surface area contributed by atoms with Gasteiger partial charge in [0.2, 0.25) is 11.8 Å². The zero-order valence-electron chi connectivity index (χ0n) is 12.3. The Morgan fingerprint density at radius 3 is 2.17 bits per heavy atom. The molecular weight excluding hydrogens is 330 g/mol. The van der Waals surface area contributed by atoms with Crippen LogP contribution in [-0.2, 0) is 6.54 Å². The Labute approximate surface area is 141 Å². The van der Waals surface area contributed by atoms with Gasteiger partial charge in [0.05, 0.1) is 11.1 Å². The molecule has 24 heavy (non-hydrogen) atoms. The summed E-state index contributed by atoms with van der Waals surface area (Å²) in [7, 11) is 0. The Morgan fingerprint density at radius 2 is 1.54 bits per heavy atom. The van der Waals surface area contributed by atoms with Crippen LogP contribution in [0.1, 0.15) is 26.6 Å². The van der Waals surface area contributed by atoms with Gasteiger partial charge in [0.25, 0.3) is 11.8 Å². The normalized spacial score (nSPS) is 13.5. The van der Waals surface area contributed by atoms with E-state index < -0.39 is 0 Å². The van der Waals surface area contributed by atoms with E-state index in [1.165, 1.54) is 0 Å². The molecule has 0 saturated carbocycles. The van der Waals surface area contributed by atoms with Gasteiger partial charge in [-0.1, -0.05) is 23.7 Å². The van der Waals surface area contributed by atoms with Crippen molar-refractivity contribution in [3.05, 3.63) is 70.6 Å². The molecule has 0 spiro atoms. The molecule has 1 aliphatic heterocycles. The zero-order valence-corrected chi connectivity index (χ0v) is 13.0. The van der Waals surface area contributed by atoms with Crippen molar-refractivity contribution in [1.29, 1.82) is 0 Å². The Kier molecular flexibility index (Phi) is 3.39. The van der Waals surface area contributed by atoms with Crippen LogP contribution in [0.4, 0.5) is 0 Å². The number of imide groups is 1. The number of halogens is 1. The number of fused-ring (bicyclic) bond motifs is 1. The average Bonchev–Trinajstić information content (AvgIpc) is 3.16. The third kappa shape index (κ3) is 2.37. The quantitative estimate of drug-likeness (QED) is 0.685. The van der Waals surface area contributed by atoms with E-state index in [4.69, 9.17) is 16.0 Å². The molecule has 118 valence electrons. The minimum atomic E-state index is -0.359. The topological polar surface area (TPSA) is 76.3 Å². The van der Waals surface area contributed by atoms with Gasteiger partial charge < -0.3 is 4.42 Å². The van der Waals surface area contributed by atoms with Crippen LogP contribution in [0.3, 0.4) is 0 Å². The maximum Gasteiger partial charge on any atom is 0.262 e. The third-order valence-electron chi connectivity index (χ3n) is 3.73. The molecule has 7 heteroatoms. The summed E-state index contributed by atoms with van der Waals surface area (Å²) in [5, 5.41) is 8.46. The van der Waals surface area contributed by atoms with E-state index in [1.807, 2.05) is 0 Å². The Hall–Kier alpha value is -2.99. The zero-order chi connectivity index (χ0) is 16.7. The lowest BCUT2D eigenvalue weighted by Crippen LogP contribution is -2.29. The van der Waals surface area contributed by atoms with E-state index in [-0.39, 0.29) is 24.2 Å². The second-order valence-corrected chi connectivity index (χ2v) is 5.69. The molecule has 3 aromatic rings. The minimum Gasteiger partial charge on any atom is -0.419 e. The van der Waals surface area contributed by atoms with Crippen LogP contribution in [0.15, 0.2) is 52.9 Å². The minimum absolute atomic E-state index is 0.0626. The van der Waals surface area contributed by atoms with Gasteiger partial charge in [-0.25, -0.2) is 0 Å². The summed E-state index contributed by atoms with van der Waals surface area (Å²) >= 11 is 5.85. The van der Waals surface area contributed by atoms with Crippen LogP contribution in [0.25, 0.3) is 11.5 Å². The number of hydrogen-bond donors (Lipinski definition) is 0. The number of benzene rings is 2. The van der Waals surface area contributed by atoms with Gasteiger partial charge in [0.1, 0.15) is 6.54 Å². The molecule has 6 nitrogen and oxygen atoms in total. The van der Waals surface area contributed by atoms with Gasteiger partial charge in [-0.15, -0.1) is 10.2 Å². The number of rotatable bonds is 3. The van der Waals surface area contributed by atoms with Gasteiger partial charge in [-0.3, -0.25) is 14.5 Å². The number of hydrogen-bond acceptors (Lipinski definition) is 5. The van der Waals surface area contributed by atoms with Crippen LogP contribution >= 0.6 is 11.6 Å². The summed E-state index contributed by atoms with van der Waals surface area (Å²) in [6.07, 6.45) is 0. The molecule has 0 unspecified atom stereocenters. The van der Waals surface area contributed by atoms with E-state index in [0.717, 1.165) is 4.90 Å². The standard InChI is InChI=1S/C17H10ClN3O3/c18-11-7-5-10(6-8-11)15-20-19-14(24-15)9-21-16(22)12-3-1-2-4-13(12)17(21)23/h1-8H,9H2. The van der Waals surface area contributed by atoms with Gasteiger partial charge in [0, 0.05) is 10.6 Å². The molecular formula is C17H10ClN3O3. The molecule has 2 aromatic carbocycles. The van der Waals surface area contributed by atoms with Crippen molar-refractivity contribution in [2.24, 2.45) is 0 Å². The van der Waals surface area contributed by atoms with E-state index in [2.05, 4.69) is 10.2 Å². The van der Waals surface area contributed by atoms with Crippen molar-refractivity contribution >= 4 is 23.4 Å². The molecule has 0 radical (unpaired) electrons. The fraction of sp³-hybridized carbons (Fsp3) is 0.0588. The van der Waals surface area contributed by atoms with Crippen molar-refractivity contribution in [3.8, 4) is 11.5 Å². The Balaban J connectivity index is 1.58. The lowest BCUT2D eigenvalue weighted by molar-refractivity contribution is 0.0629. The number of nitrogens with zero attached hydrogens (tertiary/aromatic N) is 3. The maximum atomic E-state index is 12.3. The van der Waals surface area contributed by atoms with E-state index in [9.17, 15) is 9.59 Å². The first kappa shape index (κ1) is 14.6. The predicted octanol–water partition coefficient (Wildman–Crippen LogP) is 3.19. The lowest BCUT2D eigenvalue weighted by Gasteiger charge is -2.10. The molecule has 2 amide bonds. The molecule has 0 saturated heterocycles. The highest BCUT2D eigenvalue weighted by Crippen LogP contribution is 2.25. The van der Waals surface area contributed by atoms with Gasteiger partial charge in [-0.05, 0) is 36.4 Å². The molecule has 0 fully saturated rings. The van der Waals surface area contributed by atoms with E-state index >= 15 is 0 Å². The summed E-state index contributed by atoms with van der Waals surface area (Å²) in [4.78, 5) is 25.8. The smallest absolute Gasteiger partial charge is 0.262 e. The summed E-state index contributed by atoms with van der Waals surface area (Å²) in [5.74, 6) is -0.226. The molecule has 0 N–H and O–H groups in total. The fourth-order valence-corrected chi connectivity index (χ4v) is 2.67. The fourth-order valence-electron chi connectivity index (χ4n) is 2.54. The van der Waals surface area contributed by atoms with Crippen LogP contribution in [0, 0.1) is 0 Å². The highest BCUT2D eigenvalue weighted by Gasteiger charge is 2.36. The summed E-state index contributed by atoms with van der Waals surface area (Å²) in [5.41, 5.74) is 1.49. The van der Waals surface area contributed by atoms with Crippen molar-refractivity contribution < 1.29 is 14.0 Å². The largest absolute Gasteiger partial charge is 0.419 e. The van der Waals surface area contributed by atoms with Crippen molar-refractivity contribution in [3.63, 3.8) is 0 Å². The Bertz CT molecular complexity index is 915. The highest BCUT2D eigenvalue weighted by molar-refractivity contribution is 6.30. The van der Waals surface area contributed by atoms with Crippen LogP contribution in [0.5, 0.6) is 0 Å². The van der Waals surface area contributed by atoms with E-state index in [0.29, 0.717) is 27.6 Å². The van der Waals surface area contributed by atoms with Crippen molar-refractivity contribution in [2.45, 2.75) is 6.54 Å². The molecule has 0 bridgehead atoms. The van der Waals surface area contributed by atoms with Gasteiger partial charge in [-0.2, -0.15) is 0 Å². The number of aromatic nitrogens is 2. The second-order valence-electron chi connectivity index (χ2n) is 5.25. The highest BCUT2D eigenvalue weighted by atomic mass is 35.5. The summed E-state index contributed by atoms with van der Waals surface area (Å²) < 4.78 is 5.56. The summed E-state index contributed by atoms with van der Waals surface area (Å²) in [6, 6.07) is 13.6. The lowest BCUT2D eigenvalue weighted by atomic mass is 10.1. The van der Waals surface area contributed by atoms with Crippen LogP contribution in [0.2, 0.25) is 5.02 Å². The van der Waals surface area contributed by atoms with Gasteiger partial charge in [0.15, 0.2) is 0 Å². The van der Waals surface area contributed by atoms with Crippen LogP contribution < -0.4 is 0 Å². The first-order chi connectivity index (χ1) is 11.6. The number of amides is 2. The molecule has 1 aromatic heterocycles. The Morgan fingerprint density at radius 1 is 0.917 bits per heavy atom.